The number of hydrogen-bond donors (Lipinski definition) is 0. The molecule has 0 radical (unpaired) electrons. The molecule has 1 aromatic carbocycles. The molecule has 1 unspecified atom stereocenters. The molecule has 0 aliphatic carbocycles. The highest BCUT2D eigenvalue weighted by Crippen LogP contribution is 2.25. The number of fused-ring (bicyclic) bond motifs is 1. The first-order valence-electron chi connectivity index (χ1n) is 9.46. The Morgan fingerprint density at radius 1 is 1.19 bits per heavy atom. The van der Waals surface area contributed by atoms with Gasteiger partial charge in [0.25, 0.3) is 0 Å². The van der Waals surface area contributed by atoms with Crippen LogP contribution >= 0.6 is 11.6 Å². The monoisotopic (exact) mass is 368 g/mol. The number of pyridine rings is 1. The predicted molar refractivity (Wildman–Crippen MR) is 106 cm³/mol. The second-order valence-electron chi connectivity index (χ2n) is 7.19. The van der Waals surface area contributed by atoms with Crippen LogP contribution in [0.25, 0.3) is 10.9 Å². The number of halogens is 1. The van der Waals surface area contributed by atoms with Gasteiger partial charge in [-0.1, -0.05) is 36.2 Å². The van der Waals surface area contributed by atoms with Crippen LogP contribution in [-0.2, 0) is 13.1 Å². The van der Waals surface area contributed by atoms with Gasteiger partial charge >= 0.3 is 0 Å². The number of aryl methyl sites for hydroxylation is 2. The maximum Gasteiger partial charge on any atom is 0.105 e. The van der Waals surface area contributed by atoms with E-state index in [2.05, 4.69) is 45.8 Å². The van der Waals surface area contributed by atoms with Gasteiger partial charge in [0, 0.05) is 36.9 Å². The Hall–Kier alpha value is -1.91. The van der Waals surface area contributed by atoms with E-state index in [9.17, 15) is 0 Å². The van der Waals surface area contributed by atoms with E-state index < -0.39 is 0 Å². The lowest BCUT2D eigenvalue weighted by molar-refractivity contribution is 0.126. The lowest BCUT2D eigenvalue weighted by Gasteiger charge is -2.35. The first-order chi connectivity index (χ1) is 12.7. The van der Waals surface area contributed by atoms with Gasteiger partial charge in [-0.3, -0.25) is 4.90 Å². The van der Waals surface area contributed by atoms with Crippen LogP contribution in [0.2, 0.25) is 5.02 Å². The van der Waals surface area contributed by atoms with Crippen molar-refractivity contribution in [3.63, 3.8) is 0 Å². The highest BCUT2D eigenvalue weighted by atomic mass is 35.5. The van der Waals surface area contributed by atoms with Crippen LogP contribution in [0.15, 0.2) is 42.7 Å². The Labute approximate surface area is 159 Å². The van der Waals surface area contributed by atoms with Crippen LogP contribution in [0.4, 0.5) is 0 Å². The third-order valence-corrected chi connectivity index (χ3v) is 5.77. The zero-order valence-corrected chi connectivity index (χ0v) is 16.0. The Kier molecular flexibility index (Phi) is 5.23. The molecule has 0 saturated carbocycles. The van der Waals surface area contributed by atoms with Gasteiger partial charge in [0.1, 0.15) is 5.82 Å². The van der Waals surface area contributed by atoms with Crippen molar-refractivity contribution in [3.05, 3.63) is 59.3 Å². The smallest absolute Gasteiger partial charge is 0.105 e. The largest absolute Gasteiger partial charge is 0.335 e. The highest BCUT2D eigenvalue weighted by Gasteiger charge is 2.23. The third kappa shape index (κ3) is 3.76. The van der Waals surface area contributed by atoms with Crippen molar-refractivity contribution >= 4 is 22.5 Å². The summed E-state index contributed by atoms with van der Waals surface area (Å²) in [6, 6.07) is 10.8. The molecule has 3 heterocycles. The Morgan fingerprint density at radius 2 is 2.12 bits per heavy atom. The second-order valence-corrected chi connectivity index (χ2v) is 7.60. The van der Waals surface area contributed by atoms with Crippen LogP contribution in [-0.4, -0.2) is 32.0 Å². The molecule has 1 atom stereocenters. The standard InChI is InChI=1S/C21H25ClN4/c1-16-23-11-14-25(16)13-10-19-6-2-3-12-26(19)15-18-9-8-17-5-4-7-20(22)21(17)24-18/h4-5,7-9,11,14,19H,2-3,6,10,12-13,15H2,1H3. The van der Waals surface area contributed by atoms with Gasteiger partial charge in [-0.15, -0.1) is 0 Å². The summed E-state index contributed by atoms with van der Waals surface area (Å²) in [5.74, 6) is 1.10. The second kappa shape index (κ2) is 7.77. The average molecular weight is 369 g/mol. The molecule has 4 rings (SSSR count). The summed E-state index contributed by atoms with van der Waals surface area (Å²) in [6.45, 7) is 5.15. The van der Waals surface area contributed by atoms with Gasteiger partial charge in [0.15, 0.2) is 0 Å². The number of imidazole rings is 1. The van der Waals surface area contributed by atoms with E-state index in [1.807, 2.05) is 18.3 Å². The highest BCUT2D eigenvalue weighted by molar-refractivity contribution is 6.35. The normalized spacial score (nSPS) is 18.5. The number of benzene rings is 1. The van der Waals surface area contributed by atoms with Crippen LogP contribution in [0, 0.1) is 6.92 Å². The minimum absolute atomic E-state index is 0.606. The molecule has 3 aromatic rings. The minimum Gasteiger partial charge on any atom is -0.335 e. The maximum atomic E-state index is 6.34. The zero-order chi connectivity index (χ0) is 17.9. The van der Waals surface area contributed by atoms with E-state index >= 15 is 0 Å². The van der Waals surface area contributed by atoms with E-state index in [-0.39, 0.29) is 0 Å². The van der Waals surface area contributed by atoms with Crippen molar-refractivity contribution in [2.45, 2.75) is 51.7 Å². The summed E-state index contributed by atoms with van der Waals surface area (Å²) in [7, 11) is 0. The van der Waals surface area contributed by atoms with E-state index in [4.69, 9.17) is 16.6 Å². The maximum absolute atomic E-state index is 6.34. The fraction of sp³-hybridized carbons (Fsp3) is 0.429. The van der Waals surface area contributed by atoms with Crippen molar-refractivity contribution in [2.75, 3.05) is 6.54 Å². The number of hydrogen-bond acceptors (Lipinski definition) is 3. The molecule has 0 bridgehead atoms. The van der Waals surface area contributed by atoms with Crippen LogP contribution < -0.4 is 0 Å². The van der Waals surface area contributed by atoms with Gasteiger partial charge in [-0.25, -0.2) is 9.97 Å². The summed E-state index contributed by atoms with van der Waals surface area (Å²) < 4.78 is 2.25. The number of nitrogens with zero attached hydrogens (tertiary/aromatic N) is 4. The van der Waals surface area contributed by atoms with Gasteiger partial charge in [0.05, 0.1) is 16.2 Å². The number of para-hydroxylation sites is 1. The summed E-state index contributed by atoms with van der Waals surface area (Å²) in [4.78, 5) is 11.8. The lowest BCUT2D eigenvalue weighted by Crippen LogP contribution is -2.39. The van der Waals surface area contributed by atoms with Gasteiger partial charge < -0.3 is 4.57 Å². The topological polar surface area (TPSA) is 34.0 Å². The molecule has 0 N–H and O–H groups in total. The molecule has 1 saturated heterocycles. The number of aromatic nitrogens is 3. The van der Waals surface area contributed by atoms with Crippen molar-refractivity contribution in [3.8, 4) is 0 Å². The van der Waals surface area contributed by atoms with E-state index in [0.717, 1.165) is 53.5 Å². The van der Waals surface area contributed by atoms with E-state index in [1.165, 1.54) is 19.3 Å². The summed E-state index contributed by atoms with van der Waals surface area (Å²) in [6.07, 6.45) is 8.98. The molecular formula is C21H25ClN4. The van der Waals surface area contributed by atoms with E-state index in [1.54, 1.807) is 0 Å². The lowest BCUT2D eigenvalue weighted by atomic mass is 9.99. The summed E-state index contributed by atoms with van der Waals surface area (Å²) in [5, 5.41) is 1.84. The molecule has 1 aliphatic rings. The molecule has 26 heavy (non-hydrogen) atoms. The SMILES string of the molecule is Cc1nccn1CCC1CCCCN1Cc1ccc2cccc(Cl)c2n1. The molecule has 1 fully saturated rings. The van der Waals surface area contributed by atoms with Crippen LogP contribution in [0.1, 0.15) is 37.2 Å². The van der Waals surface area contributed by atoms with Crippen LogP contribution in [0.5, 0.6) is 0 Å². The number of likely N-dealkylation sites (tertiary alicyclic amines) is 1. The summed E-state index contributed by atoms with van der Waals surface area (Å²) >= 11 is 6.34. The minimum atomic E-state index is 0.606. The van der Waals surface area contributed by atoms with Crippen molar-refractivity contribution < 1.29 is 0 Å². The molecule has 5 heteroatoms. The van der Waals surface area contributed by atoms with Crippen molar-refractivity contribution in [1.29, 1.82) is 0 Å². The van der Waals surface area contributed by atoms with Crippen molar-refractivity contribution in [2.24, 2.45) is 0 Å². The molecular weight excluding hydrogens is 344 g/mol. The summed E-state index contributed by atoms with van der Waals surface area (Å²) in [5.41, 5.74) is 2.02. The quantitative estimate of drug-likeness (QED) is 0.646. The first kappa shape index (κ1) is 17.5. The zero-order valence-electron chi connectivity index (χ0n) is 15.2. The third-order valence-electron chi connectivity index (χ3n) is 5.47. The van der Waals surface area contributed by atoms with Crippen molar-refractivity contribution in [1.82, 2.24) is 19.4 Å². The van der Waals surface area contributed by atoms with Gasteiger partial charge in [0.2, 0.25) is 0 Å². The average Bonchev–Trinajstić information content (AvgIpc) is 3.07. The fourth-order valence-corrected chi connectivity index (χ4v) is 4.19. The van der Waals surface area contributed by atoms with Gasteiger partial charge in [-0.05, 0) is 44.9 Å². The molecule has 0 spiro atoms. The van der Waals surface area contributed by atoms with Crippen LogP contribution in [0.3, 0.4) is 0 Å². The molecule has 1 aliphatic heterocycles. The van der Waals surface area contributed by atoms with E-state index in [0.29, 0.717) is 6.04 Å². The fourth-order valence-electron chi connectivity index (χ4n) is 3.97. The predicted octanol–water partition coefficient (Wildman–Crippen LogP) is 4.84. The first-order valence-corrected chi connectivity index (χ1v) is 9.84. The molecule has 136 valence electrons. The Bertz CT molecular complexity index is 889. The molecule has 4 nitrogen and oxygen atoms in total. The Balaban J connectivity index is 1.48. The number of rotatable bonds is 5. The molecule has 0 amide bonds. The van der Waals surface area contributed by atoms with Gasteiger partial charge in [-0.2, -0.15) is 0 Å². The number of piperidine rings is 1. The molecule has 2 aromatic heterocycles. The Morgan fingerprint density at radius 3 is 2.96 bits per heavy atom.